The lowest BCUT2D eigenvalue weighted by Crippen LogP contribution is -2.59. The standard InChI is InChI=1S/C49H33BF15P/c1-19(2)24-17-25(20(3)4)49(26(18-24)21(5)6)66-47(22-13-9-7-10-14-22)27(28-32(51)38(57)44(63)39(58)33(28)52)29(48(66)23-15-11-8-12-16-23)50(30-34(53)40(59)45(64)41(60)35(30)54)31-36(55)42(61)46(65)43(62)37(31)56/h7-21H,1-6H3. The first-order chi connectivity index (χ1) is 31.1. The van der Waals surface area contributed by atoms with E-state index in [0.717, 1.165) is 5.56 Å². The van der Waals surface area contributed by atoms with Gasteiger partial charge in [-0.2, -0.15) is 0 Å². The maximum Gasteiger partial charge on any atom is 0.259 e. The average molecular weight is 949 g/mol. The third-order valence-electron chi connectivity index (χ3n) is 11.4. The van der Waals surface area contributed by atoms with Gasteiger partial charge >= 0.3 is 0 Å². The molecule has 17 heteroatoms. The highest BCUT2D eigenvalue weighted by Crippen LogP contribution is 2.64. The van der Waals surface area contributed by atoms with Crippen LogP contribution in [0.5, 0.6) is 0 Å². The number of halogens is 15. The lowest BCUT2D eigenvalue weighted by atomic mass is 9.35. The first-order valence-electron chi connectivity index (χ1n) is 20.2. The molecule has 0 aliphatic rings. The van der Waals surface area contributed by atoms with Gasteiger partial charge in [-0.1, -0.05) is 122 Å². The molecule has 66 heavy (non-hydrogen) atoms. The molecule has 0 aliphatic carbocycles. The third kappa shape index (κ3) is 7.58. The molecule has 7 aromatic rings. The minimum atomic E-state index is -3.51. The van der Waals surface area contributed by atoms with Crippen molar-refractivity contribution < 1.29 is 65.9 Å². The van der Waals surface area contributed by atoms with E-state index in [9.17, 15) is 13.2 Å². The van der Waals surface area contributed by atoms with Crippen molar-refractivity contribution in [3.63, 3.8) is 0 Å². The van der Waals surface area contributed by atoms with Crippen LogP contribution >= 0.6 is 7.53 Å². The van der Waals surface area contributed by atoms with E-state index < -0.39 is 151 Å². The van der Waals surface area contributed by atoms with Crippen LogP contribution in [0, 0.1) is 87.3 Å². The minimum absolute atomic E-state index is 0.128. The SMILES string of the molecule is CC(C)c1cc(C(C)C)c(-p2c(-c3ccccc3)c(B(c3c(F)c(F)c(F)c(F)c3F)c3c(F)c(F)c(F)c(F)c3F)c(-c3c(F)c(F)c(F)c(F)c3F)c2-c2ccccc2)c(C(C)C)c1. The summed E-state index contributed by atoms with van der Waals surface area (Å²) in [6.45, 7) is 7.21. The first kappa shape index (κ1) is 48.1. The summed E-state index contributed by atoms with van der Waals surface area (Å²) in [6.07, 6.45) is 0. The highest BCUT2D eigenvalue weighted by atomic mass is 31.1. The lowest BCUT2D eigenvalue weighted by Gasteiger charge is -2.26. The van der Waals surface area contributed by atoms with Crippen LogP contribution in [0.25, 0.3) is 38.1 Å². The highest BCUT2D eigenvalue weighted by Gasteiger charge is 2.47. The van der Waals surface area contributed by atoms with E-state index in [4.69, 9.17) is 0 Å². The van der Waals surface area contributed by atoms with Crippen molar-refractivity contribution in [2.75, 3.05) is 0 Å². The number of hydrogen-bond donors (Lipinski definition) is 0. The third-order valence-corrected chi connectivity index (χ3v) is 14.3. The minimum Gasteiger partial charge on any atom is -0.204 e. The van der Waals surface area contributed by atoms with Crippen molar-refractivity contribution in [2.24, 2.45) is 0 Å². The van der Waals surface area contributed by atoms with Gasteiger partial charge in [-0.05, 0) is 56.6 Å². The molecule has 0 aliphatic heterocycles. The highest BCUT2D eigenvalue weighted by molar-refractivity contribution is 7.64. The van der Waals surface area contributed by atoms with E-state index in [1.165, 1.54) is 60.7 Å². The van der Waals surface area contributed by atoms with Crippen molar-refractivity contribution in [1.82, 2.24) is 0 Å². The molecule has 0 saturated carbocycles. The summed E-state index contributed by atoms with van der Waals surface area (Å²) in [4.78, 5) is 0. The molecule has 0 fully saturated rings. The second-order valence-electron chi connectivity index (χ2n) is 16.4. The Balaban J connectivity index is 1.99. The smallest absolute Gasteiger partial charge is 0.204 e. The zero-order chi connectivity index (χ0) is 48.5. The molecule has 0 radical (unpaired) electrons. The average Bonchev–Trinajstić information content (AvgIpc) is 3.64. The van der Waals surface area contributed by atoms with Crippen LogP contribution in [0.15, 0.2) is 72.8 Å². The zero-order valence-electron chi connectivity index (χ0n) is 35.4. The number of benzene rings is 6. The van der Waals surface area contributed by atoms with Crippen molar-refractivity contribution in [2.45, 2.75) is 59.3 Å². The lowest BCUT2D eigenvalue weighted by molar-refractivity contribution is 0.381. The van der Waals surface area contributed by atoms with Gasteiger partial charge in [-0.25, -0.2) is 65.9 Å². The van der Waals surface area contributed by atoms with E-state index in [0.29, 0.717) is 11.1 Å². The van der Waals surface area contributed by atoms with Crippen LogP contribution in [-0.4, -0.2) is 6.71 Å². The molecule has 0 bridgehead atoms. The summed E-state index contributed by atoms with van der Waals surface area (Å²) in [5, 5.41) is -0.675. The van der Waals surface area contributed by atoms with Gasteiger partial charge in [0.1, 0.15) is 0 Å². The van der Waals surface area contributed by atoms with Gasteiger partial charge in [0.25, 0.3) is 6.71 Å². The molecule has 0 spiro atoms. The second kappa shape index (κ2) is 18.1. The van der Waals surface area contributed by atoms with E-state index in [1.807, 2.05) is 13.8 Å². The van der Waals surface area contributed by atoms with Gasteiger partial charge in [0.15, 0.2) is 81.4 Å². The van der Waals surface area contributed by atoms with Crippen molar-refractivity contribution in [1.29, 1.82) is 0 Å². The number of rotatable bonds is 10. The van der Waals surface area contributed by atoms with Gasteiger partial charge in [-0.3, -0.25) is 0 Å². The Bertz CT molecular complexity index is 2890. The Hall–Kier alpha value is -5.89. The van der Waals surface area contributed by atoms with Crippen LogP contribution in [0.1, 0.15) is 76.0 Å². The molecule has 0 N–H and O–H groups in total. The summed E-state index contributed by atoms with van der Waals surface area (Å²) in [5.74, 6) is -42.7. The second-order valence-corrected chi connectivity index (χ2v) is 18.4. The Labute approximate surface area is 369 Å². The summed E-state index contributed by atoms with van der Waals surface area (Å²) in [7, 11) is -2.83. The molecule has 1 atom stereocenters. The Morgan fingerprint density at radius 2 is 0.667 bits per heavy atom. The molecule has 6 aromatic carbocycles. The van der Waals surface area contributed by atoms with Crippen LogP contribution in [-0.2, 0) is 0 Å². The summed E-state index contributed by atoms with van der Waals surface area (Å²) in [6, 6.07) is 16.9. The van der Waals surface area contributed by atoms with Gasteiger partial charge in [0.05, 0.1) is 5.56 Å². The zero-order valence-corrected chi connectivity index (χ0v) is 36.2. The molecule has 0 nitrogen and oxygen atoms in total. The van der Waals surface area contributed by atoms with Crippen LogP contribution in [0.2, 0.25) is 0 Å². The Morgan fingerprint density at radius 1 is 0.348 bits per heavy atom. The van der Waals surface area contributed by atoms with Crippen molar-refractivity contribution in [3.05, 3.63) is 177 Å². The maximum absolute atomic E-state index is 16.9. The summed E-state index contributed by atoms with van der Waals surface area (Å²) < 4.78 is 239. The molecule has 0 saturated heterocycles. The molecule has 7 rings (SSSR count). The quantitative estimate of drug-likeness (QED) is 0.0555. The molecule has 342 valence electrons. The normalized spacial score (nSPS) is 12.1. The molecule has 0 amide bonds. The van der Waals surface area contributed by atoms with Crippen LogP contribution < -0.4 is 16.4 Å². The molecule has 1 unspecified atom stereocenters. The van der Waals surface area contributed by atoms with E-state index >= 15 is 52.7 Å². The van der Waals surface area contributed by atoms with Crippen LogP contribution in [0.3, 0.4) is 0 Å². The Morgan fingerprint density at radius 3 is 1.00 bits per heavy atom. The fraction of sp³-hybridized carbons (Fsp3) is 0.184. The molecule has 1 aromatic heterocycles. The van der Waals surface area contributed by atoms with Crippen LogP contribution in [0.4, 0.5) is 65.9 Å². The molecule has 1 heterocycles. The fourth-order valence-electron chi connectivity index (χ4n) is 8.28. The largest absolute Gasteiger partial charge is 0.259 e. The van der Waals surface area contributed by atoms with Gasteiger partial charge in [0.2, 0.25) is 5.82 Å². The van der Waals surface area contributed by atoms with Crippen molar-refractivity contribution >= 4 is 30.6 Å². The molecular weight excluding hydrogens is 915 g/mol. The van der Waals surface area contributed by atoms with Gasteiger partial charge in [0, 0.05) is 26.8 Å². The van der Waals surface area contributed by atoms with Crippen molar-refractivity contribution in [3.8, 4) is 38.1 Å². The topological polar surface area (TPSA) is 0 Å². The van der Waals surface area contributed by atoms with E-state index in [2.05, 4.69) is 0 Å². The maximum atomic E-state index is 16.9. The predicted molar refractivity (Wildman–Crippen MR) is 226 cm³/mol. The summed E-state index contributed by atoms with van der Waals surface area (Å²) in [5.41, 5.74) is -7.69. The van der Waals surface area contributed by atoms with Gasteiger partial charge in [-0.15, -0.1) is 0 Å². The first-order valence-corrected chi connectivity index (χ1v) is 21.5. The molecular formula is C49H33BF15P. The van der Waals surface area contributed by atoms with E-state index in [1.54, 1.807) is 39.8 Å². The Kier molecular flexibility index (Phi) is 13.2. The van der Waals surface area contributed by atoms with E-state index in [-0.39, 0.29) is 22.3 Å². The monoisotopic (exact) mass is 948 g/mol. The predicted octanol–water partition coefficient (Wildman–Crippen LogP) is 14.6. The fourth-order valence-corrected chi connectivity index (χ4v) is 11.9. The summed E-state index contributed by atoms with van der Waals surface area (Å²) >= 11 is 0. The number of hydrogen-bond acceptors (Lipinski definition) is 0. The van der Waals surface area contributed by atoms with Gasteiger partial charge < -0.3 is 0 Å².